The van der Waals surface area contributed by atoms with Gasteiger partial charge in [-0.3, -0.25) is 4.98 Å². The molecule has 0 radical (unpaired) electrons. The number of anilines is 1. The number of aryl methyl sites for hydroxylation is 2. The first-order valence-corrected chi connectivity index (χ1v) is 13.6. The zero-order chi connectivity index (χ0) is 27.8. The molecule has 7 heteroatoms. The number of thiocarbonyl (C=S) groups is 1. The van der Waals surface area contributed by atoms with E-state index >= 15 is 0 Å². The quantitative estimate of drug-likeness (QED) is 0.219. The van der Waals surface area contributed by atoms with Crippen LogP contribution in [0.4, 0.5) is 10.1 Å². The molecule has 0 amide bonds. The van der Waals surface area contributed by atoms with Crippen LogP contribution in [0.3, 0.4) is 0 Å². The molecule has 2 aromatic heterocycles. The molecule has 1 aliphatic heterocycles. The highest BCUT2D eigenvalue weighted by Crippen LogP contribution is 2.44. The molecule has 3 aromatic carbocycles. The number of pyridine rings is 1. The fourth-order valence-corrected chi connectivity index (χ4v) is 5.84. The molecule has 1 N–H and O–H groups in total. The Morgan fingerprint density at radius 3 is 2.25 bits per heavy atom. The van der Waals surface area contributed by atoms with Crippen molar-refractivity contribution in [2.45, 2.75) is 32.9 Å². The number of halogens is 1. The highest BCUT2D eigenvalue weighted by molar-refractivity contribution is 7.80. The Kier molecular flexibility index (Phi) is 6.82. The minimum absolute atomic E-state index is 0.161. The van der Waals surface area contributed by atoms with Gasteiger partial charge in [0.05, 0.1) is 17.8 Å². The molecule has 0 saturated carbocycles. The van der Waals surface area contributed by atoms with Gasteiger partial charge in [-0.25, -0.2) is 4.39 Å². The second-order valence-corrected chi connectivity index (χ2v) is 10.4. The Labute approximate surface area is 238 Å². The fourth-order valence-electron chi connectivity index (χ4n) is 5.50. The predicted octanol–water partition coefficient (Wildman–Crippen LogP) is 7.91. The molecule has 2 atom stereocenters. The number of rotatable bonds is 6. The van der Waals surface area contributed by atoms with E-state index in [4.69, 9.17) is 17.0 Å². The van der Waals surface area contributed by atoms with Crippen molar-refractivity contribution in [1.29, 1.82) is 0 Å². The first-order valence-electron chi connectivity index (χ1n) is 13.2. The predicted molar refractivity (Wildman–Crippen MR) is 161 cm³/mol. The lowest BCUT2D eigenvalue weighted by Gasteiger charge is -2.28. The molecule has 0 spiro atoms. The largest absolute Gasteiger partial charge is 0.457 e. The van der Waals surface area contributed by atoms with E-state index in [1.54, 1.807) is 18.3 Å². The molecule has 5 aromatic rings. The van der Waals surface area contributed by atoms with Gasteiger partial charge >= 0.3 is 0 Å². The molecule has 0 unspecified atom stereocenters. The maximum absolute atomic E-state index is 13.7. The van der Waals surface area contributed by atoms with E-state index in [9.17, 15) is 4.39 Å². The fraction of sp³-hybridized carbons (Fsp3) is 0.152. The molecular weight excluding hydrogens is 519 g/mol. The topological polar surface area (TPSA) is 42.3 Å². The Morgan fingerprint density at radius 2 is 1.55 bits per heavy atom. The van der Waals surface area contributed by atoms with Crippen molar-refractivity contribution in [3.8, 4) is 17.2 Å². The second kappa shape index (κ2) is 10.6. The van der Waals surface area contributed by atoms with Gasteiger partial charge < -0.3 is 19.5 Å². The van der Waals surface area contributed by atoms with Gasteiger partial charge in [-0.1, -0.05) is 24.3 Å². The monoisotopic (exact) mass is 548 g/mol. The van der Waals surface area contributed by atoms with E-state index in [-0.39, 0.29) is 17.9 Å². The summed E-state index contributed by atoms with van der Waals surface area (Å²) in [5.74, 6) is 1.33. The highest BCUT2D eigenvalue weighted by Gasteiger charge is 2.42. The molecule has 5 nitrogen and oxygen atoms in total. The summed E-state index contributed by atoms with van der Waals surface area (Å²) < 4.78 is 22.0. The molecule has 6 rings (SSSR count). The molecule has 200 valence electrons. The van der Waals surface area contributed by atoms with Crippen LogP contribution in [0.2, 0.25) is 0 Å². The summed E-state index contributed by atoms with van der Waals surface area (Å²) >= 11 is 5.93. The van der Waals surface area contributed by atoms with Crippen molar-refractivity contribution in [2.24, 2.45) is 0 Å². The molecule has 1 saturated heterocycles. The number of aromatic nitrogens is 2. The minimum atomic E-state index is -0.256. The summed E-state index contributed by atoms with van der Waals surface area (Å²) in [5.41, 5.74) is 7.07. The van der Waals surface area contributed by atoms with Crippen LogP contribution in [-0.4, -0.2) is 14.7 Å². The second-order valence-electron chi connectivity index (χ2n) is 10.00. The summed E-state index contributed by atoms with van der Waals surface area (Å²) in [7, 11) is 0. The van der Waals surface area contributed by atoms with Crippen LogP contribution in [0.5, 0.6) is 11.5 Å². The average Bonchev–Trinajstić information content (AvgIpc) is 3.46. The number of nitrogens with one attached hydrogen (secondary N) is 1. The molecular formula is C33H29FN4OS. The number of para-hydroxylation sites is 1. The van der Waals surface area contributed by atoms with Crippen LogP contribution in [0.1, 0.15) is 40.3 Å². The van der Waals surface area contributed by atoms with E-state index in [2.05, 4.69) is 39.7 Å². The number of hydrogen-bond acceptors (Lipinski definition) is 3. The normalized spacial score (nSPS) is 16.7. The third kappa shape index (κ3) is 4.73. The van der Waals surface area contributed by atoms with Crippen molar-refractivity contribution < 1.29 is 9.13 Å². The Hall–Kier alpha value is -4.49. The van der Waals surface area contributed by atoms with Gasteiger partial charge in [-0.15, -0.1) is 0 Å². The van der Waals surface area contributed by atoms with Crippen LogP contribution in [0.15, 0.2) is 103 Å². The Balaban J connectivity index is 1.41. The van der Waals surface area contributed by atoms with Crippen molar-refractivity contribution >= 4 is 23.0 Å². The smallest absolute Gasteiger partial charge is 0.174 e. The highest BCUT2D eigenvalue weighted by atomic mass is 32.1. The van der Waals surface area contributed by atoms with E-state index in [0.717, 1.165) is 51.1 Å². The molecule has 3 heterocycles. The number of benzene rings is 3. The molecule has 1 aliphatic rings. The maximum atomic E-state index is 13.7. The van der Waals surface area contributed by atoms with Gasteiger partial charge in [0.25, 0.3) is 0 Å². The van der Waals surface area contributed by atoms with Gasteiger partial charge in [0, 0.05) is 29.0 Å². The lowest BCUT2D eigenvalue weighted by Crippen LogP contribution is -2.29. The zero-order valence-electron chi connectivity index (χ0n) is 22.5. The van der Waals surface area contributed by atoms with Crippen LogP contribution >= 0.6 is 12.2 Å². The summed E-state index contributed by atoms with van der Waals surface area (Å²) in [6.45, 7) is 6.20. The summed E-state index contributed by atoms with van der Waals surface area (Å²) in [6, 6.07) is 30.4. The van der Waals surface area contributed by atoms with Gasteiger partial charge in [0.1, 0.15) is 17.3 Å². The SMILES string of the molecule is Cc1ccccc1Oc1ccc(N2C(=S)N[C@@H](c3ccccn3)[C@@H]2c2cc(C)n(-c3ccc(F)cc3)c2C)cc1. The van der Waals surface area contributed by atoms with Gasteiger partial charge in [-0.05, 0) is 117 Å². The van der Waals surface area contributed by atoms with E-state index < -0.39 is 0 Å². The summed E-state index contributed by atoms with van der Waals surface area (Å²) in [5, 5.41) is 4.16. The van der Waals surface area contributed by atoms with Crippen LogP contribution in [-0.2, 0) is 0 Å². The Bertz CT molecular complexity index is 1670. The third-order valence-electron chi connectivity index (χ3n) is 7.41. The van der Waals surface area contributed by atoms with Gasteiger partial charge in [0.15, 0.2) is 5.11 Å². The van der Waals surface area contributed by atoms with Crippen molar-refractivity contribution in [3.05, 3.63) is 137 Å². The van der Waals surface area contributed by atoms with E-state index in [1.165, 1.54) is 12.1 Å². The third-order valence-corrected chi connectivity index (χ3v) is 7.72. The van der Waals surface area contributed by atoms with Gasteiger partial charge in [-0.2, -0.15) is 0 Å². The lowest BCUT2D eigenvalue weighted by molar-refractivity contribution is 0.479. The number of hydrogen-bond donors (Lipinski definition) is 1. The molecule has 40 heavy (non-hydrogen) atoms. The maximum Gasteiger partial charge on any atom is 0.174 e. The zero-order valence-corrected chi connectivity index (χ0v) is 23.3. The number of nitrogens with zero attached hydrogens (tertiary/aromatic N) is 3. The minimum Gasteiger partial charge on any atom is -0.457 e. The van der Waals surface area contributed by atoms with Crippen LogP contribution in [0, 0.1) is 26.6 Å². The average molecular weight is 549 g/mol. The van der Waals surface area contributed by atoms with Crippen molar-refractivity contribution in [3.63, 3.8) is 0 Å². The van der Waals surface area contributed by atoms with Gasteiger partial charge in [0.2, 0.25) is 0 Å². The lowest BCUT2D eigenvalue weighted by atomic mass is 9.96. The summed E-state index contributed by atoms with van der Waals surface area (Å²) in [4.78, 5) is 6.83. The van der Waals surface area contributed by atoms with Crippen molar-refractivity contribution in [1.82, 2.24) is 14.9 Å². The van der Waals surface area contributed by atoms with Crippen LogP contribution < -0.4 is 15.0 Å². The Morgan fingerprint density at radius 1 is 0.850 bits per heavy atom. The van der Waals surface area contributed by atoms with Crippen LogP contribution in [0.25, 0.3) is 5.69 Å². The van der Waals surface area contributed by atoms with E-state index in [1.807, 2.05) is 73.7 Å². The standard InChI is InChI=1S/C33H29FN4OS/c1-21-8-4-5-10-30(21)39-27-17-15-26(16-18-27)38-32(31(36-33(38)40)29-9-6-7-19-35-29)28-20-22(2)37(23(28)3)25-13-11-24(34)12-14-25/h4-20,31-32H,1-3H3,(H,36,40)/t31-,32-/m0/s1. The first-order chi connectivity index (χ1) is 19.4. The first kappa shape index (κ1) is 25.8. The molecule has 0 bridgehead atoms. The molecule has 0 aliphatic carbocycles. The molecule has 1 fully saturated rings. The number of ether oxygens (including phenoxy) is 1. The van der Waals surface area contributed by atoms with Crippen molar-refractivity contribution in [2.75, 3.05) is 4.90 Å². The summed E-state index contributed by atoms with van der Waals surface area (Å²) in [6.07, 6.45) is 1.80. The van der Waals surface area contributed by atoms with E-state index in [0.29, 0.717) is 5.11 Å².